The third kappa shape index (κ3) is 21.9. The zero-order valence-electron chi connectivity index (χ0n) is 20.2. The maximum Gasteiger partial charge on any atom is 0.0123 e. The quantitative estimate of drug-likeness (QED) is 0.432. The van der Waals surface area contributed by atoms with E-state index in [0.717, 1.165) is 26.2 Å². The zero-order valence-corrected chi connectivity index (χ0v) is 20.2. The van der Waals surface area contributed by atoms with E-state index < -0.39 is 0 Å². The standard InChI is InChI=1S/C12H28N2.C10H24N2/c1-7-11(3,4)13-9-10-14-12(5,6)8-2;1-9(2,3)11-7-8-12-10(4,5)6/h13-14H,7-10H2,1-6H3;11-12H,7-8H2,1-6H3. The minimum absolute atomic E-state index is 0.236. The Morgan fingerprint density at radius 2 is 0.654 bits per heavy atom. The van der Waals surface area contributed by atoms with E-state index in [9.17, 15) is 0 Å². The van der Waals surface area contributed by atoms with Gasteiger partial charge in [0.25, 0.3) is 0 Å². The van der Waals surface area contributed by atoms with Crippen LogP contribution in [-0.2, 0) is 0 Å². The average molecular weight is 373 g/mol. The fourth-order valence-electron chi connectivity index (χ4n) is 1.93. The van der Waals surface area contributed by atoms with Crippen molar-refractivity contribution < 1.29 is 0 Å². The molecule has 26 heavy (non-hydrogen) atoms. The van der Waals surface area contributed by atoms with Gasteiger partial charge in [-0.3, -0.25) is 0 Å². The van der Waals surface area contributed by atoms with Crippen LogP contribution in [0.1, 0.15) is 95.9 Å². The molecule has 0 aliphatic carbocycles. The number of hydrogen-bond donors (Lipinski definition) is 4. The Morgan fingerprint density at radius 1 is 0.423 bits per heavy atom. The van der Waals surface area contributed by atoms with Gasteiger partial charge in [-0.05, 0) is 82.1 Å². The molecule has 0 heterocycles. The van der Waals surface area contributed by atoms with Crippen molar-refractivity contribution in [2.45, 2.75) is 118 Å². The van der Waals surface area contributed by atoms with Crippen molar-refractivity contribution >= 4 is 0 Å². The van der Waals surface area contributed by atoms with Gasteiger partial charge < -0.3 is 21.3 Å². The molecular weight excluding hydrogens is 320 g/mol. The van der Waals surface area contributed by atoms with E-state index in [1.54, 1.807) is 0 Å². The Labute approximate surface area is 166 Å². The lowest BCUT2D eigenvalue weighted by Crippen LogP contribution is -2.46. The van der Waals surface area contributed by atoms with E-state index in [2.05, 4.69) is 104 Å². The van der Waals surface area contributed by atoms with E-state index in [-0.39, 0.29) is 22.2 Å². The highest BCUT2D eigenvalue weighted by Gasteiger charge is 2.15. The zero-order chi connectivity index (χ0) is 21.1. The van der Waals surface area contributed by atoms with Crippen LogP contribution >= 0.6 is 0 Å². The molecule has 0 saturated heterocycles. The summed E-state index contributed by atoms with van der Waals surface area (Å²) in [5.74, 6) is 0. The first-order chi connectivity index (χ1) is 11.5. The summed E-state index contributed by atoms with van der Waals surface area (Å²) >= 11 is 0. The highest BCUT2D eigenvalue weighted by molar-refractivity contribution is 4.79. The van der Waals surface area contributed by atoms with Gasteiger partial charge in [0.1, 0.15) is 0 Å². The summed E-state index contributed by atoms with van der Waals surface area (Å²) in [7, 11) is 0. The van der Waals surface area contributed by atoms with Crippen LogP contribution in [0.4, 0.5) is 0 Å². The lowest BCUT2D eigenvalue weighted by Gasteiger charge is -2.28. The van der Waals surface area contributed by atoms with Crippen molar-refractivity contribution in [3.8, 4) is 0 Å². The maximum absolute atomic E-state index is 3.54. The van der Waals surface area contributed by atoms with Gasteiger partial charge in [0.15, 0.2) is 0 Å². The topological polar surface area (TPSA) is 48.1 Å². The van der Waals surface area contributed by atoms with Crippen LogP contribution in [0.25, 0.3) is 0 Å². The van der Waals surface area contributed by atoms with Crippen molar-refractivity contribution in [1.29, 1.82) is 0 Å². The molecule has 0 amide bonds. The summed E-state index contributed by atoms with van der Waals surface area (Å²) in [6, 6.07) is 0. The SMILES string of the molecule is CC(C)(C)NCCNC(C)(C)C.CCC(C)(C)NCCNC(C)(C)CC. The summed E-state index contributed by atoms with van der Waals surface area (Å²) in [6.07, 6.45) is 2.34. The second kappa shape index (κ2) is 12.3. The molecule has 0 radical (unpaired) electrons. The lowest BCUT2D eigenvalue weighted by molar-refractivity contribution is 0.338. The first-order valence-corrected chi connectivity index (χ1v) is 10.5. The molecule has 0 unspecified atom stereocenters. The van der Waals surface area contributed by atoms with E-state index in [0.29, 0.717) is 0 Å². The van der Waals surface area contributed by atoms with Crippen LogP contribution in [0.5, 0.6) is 0 Å². The van der Waals surface area contributed by atoms with Gasteiger partial charge in [-0.25, -0.2) is 0 Å². The Kier molecular flexibility index (Phi) is 13.3. The molecule has 0 saturated carbocycles. The molecule has 0 bridgehead atoms. The molecule has 0 atom stereocenters. The molecule has 160 valence electrons. The normalized spacial score (nSPS) is 13.4. The van der Waals surface area contributed by atoms with Crippen LogP contribution in [0, 0.1) is 0 Å². The van der Waals surface area contributed by atoms with Crippen molar-refractivity contribution in [2.75, 3.05) is 26.2 Å². The fourth-order valence-corrected chi connectivity index (χ4v) is 1.93. The smallest absolute Gasteiger partial charge is 0.0123 e. The van der Waals surface area contributed by atoms with Gasteiger partial charge in [-0.15, -0.1) is 0 Å². The maximum atomic E-state index is 3.54. The monoisotopic (exact) mass is 372 g/mol. The molecule has 0 aromatic heterocycles. The summed E-state index contributed by atoms with van der Waals surface area (Å²) in [5.41, 5.74) is 1.02. The Morgan fingerprint density at radius 3 is 0.846 bits per heavy atom. The molecule has 0 fully saturated rings. The highest BCUT2D eigenvalue weighted by Crippen LogP contribution is 2.07. The third-order valence-electron chi connectivity index (χ3n) is 4.54. The fraction of sp³-hybridized carbons (Fsp3) is 1.00. The molecule has 0 spiro atoms. The molecule has 0 aliphatic heterocycles. The first-order valence-electron chi connectivity index (χ1n) is 10.5. The highest BCUT2D eigenvalue weighted by atomic mass is 15.0. The molecule has 4 nitrogen and oxygen atoms in total. The molecule has 4 heteroatoms. The minimum Gasteiger partial charge on any atom is -0.311 e. The van der Waals surface area contributed by atoms with E-state index in [1.165, 1.54) is 12.8 Å². The predicted molar refractivity (Wildman–Crippen MR) is 120 cm³/mol. The molecular formula is C22H52N4. The molecule has 0 rings (SSSR count). The van der Waals surface area contributed by atoms with Gasteiger partial charge in [-0.1, -0.05) is 13.8 Å². The molecule has 0 aromatic carbocycles. The van der Waals surface area contributed by atoms with Crippen LogP contribution < -0.4 is 21.3 Å². The number of hydrogen-bond acceptors (Lipinski definition) is 4. The van der Waals surface area contributed by atoms with E-state index in [1.807, 2.05) is 0 Å². The predicted octanol–water partition coefficient (Wildman–Crippen LogP) is 4.31. The van der Waals surface area contributed by atoms with Crippen LogP contribution in [0.3, 0.4) is 0 Å². The first kappa shape index (κ1) is 28.1. The van der Waals surface area contributed by atoms with Gasteiger partial charge in [-0.2, -0.15) is 0 Å². The van der Waals surface area contributed by atoms with Crippen molar-refractivity contribution in [3.05, 3.63) is 0 Å². The van der Waals surface area contributed by atoms with Gasteiger partial charge in [0.05, 0.1) is 0 Å². The summed E-state index contributed by atoms with van der Waals surface area (Å²) < 4.78 is 0. The Bertz CT molecular complexity index is 301. The number of rotatable bonds is 10. The lowest BCUT2D eigenvalue weighted by atomic mass is 10.0. The minimum atomic E-state index is 0.236. The summed E-state index contributed by atoms with van der Waals surface area (Å²) in [4.78, 5) is 0. The Hall–Kier alpha value is -0.160. The number of nitrogens with one attached hydrogen (secondary N) is 4. The van der Waals surface area contributed by atoms with E-state index >= 15 is 0 Å². The average Bonchev–Trinajstić information content (AvgIpc) is 2.47. The van der Waals surface area contributed by atoms with Crippen molar-refractivity contribution in [1.82, 2.24) is 21.3 Å². The summed E-state index contributed by atoms with van der Waals surface area (Å²) in [5, 5.41) is 13.9. The van der Waals surface area contributed by atoms with Crippen LogP contribution in [-0.4, -0.2) is 48.3 Å². The van der Waals surface area contributed by atoms with Crippen molar-refractivity contribution in [3.63, 3.8) is 0 Å². The Balaban J connectivity index is 0. The van der Waals surface area contributed by atoms with Gasteiger partial charge in [0.2, 0.25) is 0 Å². The molecule has 4 N–H and O–H groups in total. The van der Waals surface area contributed by atoms with Gasteiger partial charge >= 0.3 is 0 Å². The second-order valence-electron chi connectivity index (χ2n) is 10.7. The molecule has 0 aromatic rings. The van der Waals surface area contributed by atoms with Crippen LogP contribution in [0.15, 0.2) is 0 Å². The molecule has 0 aliphatic rings. The van der Waals surface area contributed by atoms with Crippen LogP contribution in [0.2, 0.25) is 0 Å². The largest absolute Gasteiger partial charge is 0.311 e. The van der Waals surface area contributed by atoms with E-state index in [4.69, 9.17) is 0 Å². The van der Waals surface area contributed by atoms with Crippen molar-refractivity contribution in [2.24, 2.45) is 0 Å². The second-order valence-corrected chi connectivity index (χ2v) is 10.7. The summed E-state index contributed by atoms with van der Waals surface area (Å²) in [6.45, 7) is 30.7. The van der Waals surface area contributed by atoms with Gasteiger partial charge in [0, 0.05) is 48.3 Å². The third-order valence-corrected chi connectivity index (χ3v) is 4.54.